The Kier molecular flexibility index (Phi) is 3.69. The Morgan fingerprint density at radius 1 is 1.12 bits per heavy atom. The summed E-state index contributed by atoms with van der Waals surface area (Å²) in [7, 11) is 0. The van der Waals surface area contributed by atoms with E-state index < -0.39 is 5.97 Å². The number of carboxylic acid groups (broad SMARTS) is 1. The fraction of sp³-hybridized carbons (Fsp3) is 0.476. The van der Waals surface area contributed by atoms with E-state index >= 15 is 0 Å². The number of hydrogen-bond donors (Lipinski definition) is 1. The summed E-state index contributed by atoms with van der Waals surface area (Å²) in [5.41, 5.74) is 6.02. The van der Waals surface area contributed by atoms with Crippen molar-refractivity contribution in [3.8, 4) is 11.3 Å². The topological polar surface area (TPSA) is 66.3 Å². The molecule has 3 aliphatic rings. The lowest BCUT2D eigenvalue weighted by Gasteiger charge is -2.33. The van der Waals surface area contributed by atoms with Crippen molar-refractivity contribution in [2.24, 2.45) is 5.92 Å². The van der Waals surface area contributed by atoms with Gasteiger partial charge >= 0.3 is 5.97 Å². The highest BCUT2D eigenvalue weighted by atomic mass is 16.4. The highest BCUT2D eigenvalue weighted by Gasteiger charge is 2.35. The summed E-state index contributed by atoms with van der Waals surface area (Å²) in [5.74, 6) is 0.405. The van der Waals surface area contributed by atoms with E-state index in [1.54, 1.807) is 0 Å². The highest BCUT2D eigenvalue weighted by molar-refractivity contribution is 5.72. The third-order valence-electron chi connectivity index (χ3n) is 6.18. The average Bonchev–Trinajstić information content (AvgIpc) is 2.99. The minimum atomic E-state index is -0.662. The number of benzene rings is 1. The normalized spacial score (nSPS) is 23.9. The second-order valence-corrected chi connectivity index (χ2v) is 7.82. The molecule has 1 N–H and O–H groups in total. The lowest BCUT2D eigenvalue weighted by molar-refractivity contribution is -0.145. The van der Waals surface area contributed by atoms with Gasteiger partial charge in [0.15, 0.2) is 0 Å². The summed E-state index contributed by atoms with van der Waals surface area (Å²) in [6, 6.07) is 8.58. The molecule has 5 nitrogen and oxygen atoms in total. The number of carboxylic acids is 1. The maximum absolute atomic E-state index is 11.1. The molecular weight excluding hydrogens is 326 g/mol. The van der Waals surface area contributed by atoms with Crippen molar-refractivity contribution in [1.29, 1.82) is 0 Å². The van der Waals surface area contributed by atoms with Crippen LogP contribution in [-0.4, -0.2) is 34.1 Å². The zero-order valence-corrected chi connectivity index (χ0v) is 14.8. The summed E-state index contributed by atoms with van der Waals surface area (Å²) >= 11 is 0. The summed E-state index contributed by atoms with van der Waals surface area (Å²) in [6.45, 7) is 2.10. The Balaban J connectivity index is 1.49. The molecule has 1 aromatic carbocycles. The van der Waals surface area contributed by atoms with Crippen LogP contribution in [0, 0.1) is 5.92 Å². The largest absolute Gasteiger partial charge is 0.481 e. The third kappa shape index (κ3) is 2.57. The van der Waals surface area contributed by atoms with Crippen molar-refractivity contribution in [3.05, 3.63) is 41.1 Å². The lowest BCUT2D eigenvalue weighted by atomic mass is 9.71. The minimum Gasteiger partial charge on any atom is -0.481 e. The van der Waals surface area contributed by atoms with Gasteiger partial charge in [0, 0.05) is 29.9 Å². The van der Waals surface area contributed by atoms with Gasteiger partial charge in [-0.15, -0.1) is 0 Å². The fourth-order valence-electron chi connectivity index (χ4n) is 4.35. The van der Waals surface area contributed by atoms with Crippen LogP contribution in [0.3, 0.4) is 0 Å². The second kappa shape index (κ2) is 6.08. The Morgan fingerprint density at radius 2 is 1.96 bits per heavy atom. The van der Waals surface area contributed by atoms with E-state index in [9.17, 15) is 4.79 Å². The first-order chi connectivity index (χ1) is 12.7. The van der Waals surface area contributed by atoms with Gasteiger partial charge in [-0.1, -0.05) is 18.2 Å². The first-order valence-corrected chi connectivity index (χ1v) is 9.67. The van der Waals surface area contributed by atoms with Crippen LogP contribution in [-0.2, 0) is 17.6 Å². The Labute approximate surface area is 153 Å². The van der Waals surface area contributed by atoms with Crippen LogP contribution >= 0.6 is 0 Å². The smallest absolute Gasteiger partial charge is 0.306 e. The molecule has 0 spiro atoms. The molecule has 0 unspecified atom stereocenters. The van der Waals surface area contributed by atoms with Gasteiger partial charge in [-0.05, 0) is 56.1 Å². The Bertz CT molecular complexity index is 870. The number of anilines is 1. The quantitative estimate of drug-likeness (QED) is 0.916. The van der Waals surface area contributed by atoms with Crippen molar-refractivity contribution in [2.45, 2.75) is 44.4 Å². The standard InChI is InChI=1S/C21H23N3O2/c25-20(26)16-11-15(12-16)13-4-1-5-14(10-13)19-17-6-2-7-18(17)22-21(23-19)24-8-3-9-24/h1,4-5,10,15-16H,2-3,6-9,11-12H2,(H,25,26). The predicted octanol–water partition coefficient (Wildman–Crippen LogP) is 3.42. The number of fused-ring (bicyclic) bond motifs is 1. The summed E-state index contributed by atoms with van der Waals surface area (Å²) in [6.07, 6.45) is 5.98. The number of aromatic nitrogens is 2. The summed E-state index contributed by atoms with van der Waals surface area (Å²) in [4.78, 5) is 23.1. The van der Waals surface area contributed by atoms with E-state index in [-0.39, 0.29) is 5.92 Å². The van der Waals surface area contributed by atoms with Gasteiger partial charge in [0.2, 0.25) is 5.95 Å². The van der Waals surface area contributed by atoms with Crippen LogP contribution in [0.5, 0.6) is 0 Å². The van der Waals surface area contributed by atoms with E-state index in [1.807, 2.05) is 0 Å². The molecule has 5 heteroatoms. The first kappa shape index (κ1) is 15.8. The van der Waals surface area contributed by atoms with E-state index in [0.717, 1.165) is 62.4 Å². The summed E-state index contributed by atoms with van der Waals surface area (Å²) < 4.78 is 0. The molecule has 134 valence electrons. The molecular formula is C21H23N3O2. The third-order valence-corrected chi connectivity index (χ3v) is 6.18. The molecule has 2 fully saturated rings. The molecule has 0 bridgehead atoms. The number of rotatable bonds is 4. The van der Waals surface area contributed by atoms with Crippen LogP contribution in [0.2, 0.25) is 0 Å². The van der Waals surface area contributed by atoms with Gasteiger partial charge in [-0.2, -0.15) is 0 Å². The lowest BCUT2D eigenvalue weighted by Crippen LogP contribution is -2.38. The molecule has 0 atom stereocenters. The van der Waals surface area contributed by atoms with Crippen molar-refractivity contribution >= 4 is 11.9 Å². The van der Waals surface area contributed by atoms with Gasteiger partial charge < -0.3 is 10.0 Å². The maximum Gasteiger partial charge on any atom is 0.306 e. The molecule has 0 amide bonds. The van der Waals surface area contributed by atoms with E-state index in [1.165, 1.54) is 23.2 Å². The Morgan fingerprint density at radius 3 is 2.69 bits per heavy atom. The molecule has 2 aliphatic carbocycles. The number of hydrogen-bond acceptors (Lipinski definition) is 4. The van der Waals surface area contributed by atoms with Crippen LogP contribution in [0.1, 0.15) is 48.4 Å². The van der Waals surface area contributed by atoms with Gasteiger partial charge in [0.25, 0.3) is 0 Å². The molecule has 1 saturated carbocycles. The number of aryl methyl sites for hydroxylation is 1. The second-order valence-electron chi connectivity index (χ2n) is 7.82. The SMILES string of the molecule is O=C(O)C1CC(c2cccc(-c3nc(N4CCC4)nc4c3CCC4)c2)C1. The van der Waals surface area contributed by atoms with Crippen LogP contribution in [0.25, 0.3) is 11.3 Å². The molecule has 5 rings (SSSR count). The highest BCUT2D eigenvalue weighted by Crippen LogP contribution is 2.43. The van der Waals surface area contributed by atoms with Gasteiger partial charge in [0.05, 0.1) is 11.6 Å². The van der Waals surface area contributed by atoms with Crippen LogP contribution < -0.4 is 4.90 Å². The first-order valence-electron chi connectivity index (χ1n) is 9.67. The number of aliphatic carboxylic acids is 1. The molecule has 1 aromatic heterocycles. The van der Waals surface area contributed by atoms with Crippen molar-refractivity contribution < 1.29 is 9.90 Å². The van der Waals surface area contributed by atoms with E-state index in [2.05, 4.69) is 29.2 Å². The number of carbonyl (C=O) groups is 1. The van der Waals surface area contributed by atoms with E-state index in [4.69, 9.17) is 15.1 Å². The molecule has 1 saturated heterocycles. The molecule has 26 heavy (non-hydrogen) atoms. The number of nitrogens with zero attached hydrogens (tertiary/aromatic N) is 3. The monoisotopic (exact) mass is 349 g/mol. The Hall–Kier alpha value is -2.43. The fourth-order valence-corrected chi connectivity index (χ4v) is 4.35. The molecule has 2 aromatic rings. The van der Waals surface area contributed by atoms with Gasteiger partial charge in [-0.25, -0.2) is 9.97 Å². The van der Waals surface area contributed by atoms with Crippen molar-refractivity contribution in [2.75, 3.05) is 18.0 Å². The molecule has 1 aliphatic heterocycles. The van der Waals surface area contributed by atoms with Gasteiger partial charge in [-0.3, -0.25) is 4.79 Å². The summed E-state index contributed by atoms with van der Waals surface area (Å²) in [5, 5.41) is 9.13. The van der Waals surface area contributed by atoms with Crippen molar-refractivity contribution in [1.82, 2.24) is 9.97 Å². The zero-order chi connectivity index (χ0) is 17.7. The predicted molar refractivity (Wildman–Crippen MR) is 99.4 cm³/mol. The van der Waals surface area contributed by atoms with Gasteiger partial charge in [0.1, 0.15) is 0 Å². The van der Waals surface area contributed by atoms with Crippen LogP contribution in [0.15, 0.2) is 24.3 Å². The minimum absolute atomic E-state index is 0.176. The molecule has 2 heterocycles. The van der Waals surface area contributed by atoms with Crippen LogP contribution in [0.4, 0.5) is 5.95 Å². The maximum atomic E-state index is 11.1. The zero-order valence-electron chi connectivity index (χ0n) is 14.8. The molecule has 0 radical (unpaired) electrons. The van der Waals surface area contributed by atoms with Crippen molar-refractivity contribution in [3.63, 3.8) is 0 Å². The van der Waals surface area contributed by atoms with E-state index in [0.29, 0.717) is 5.92 Å². The average molecular weight is 349 g/mol.